The van der Waals surface area contributed by atoms with Crippen LogP contribution in [0.4, 0.5) is 11.4 Å². The highest BCUT2D eigenvalue weighted by molar-refractivity contribution is 7.99. The summed E-state index contributed by atoms with van der Waals surface area (Å²) in [5.41, 5.74) is 10.7. The molecule has 0 aliphatic carbocycles. The first-order valence-corrected chi connectivity index (χ1v) is 13.8. The molecule has 192 valence electrons. The van der Waals surface area contributed by atoms with Crippen LogP contribution in [-0.4, -0.2) is 45.4 Å². The Morgan fingerprint density at radius 2 is 1.66 bits per heavy atom. The average molecular weight is 524 g/mol. The molecule has 1 aromatic heterocycles. The summed E-state index contributed by atoms with van der Waals surface area (Å²) in [5, 5.41) is 0.804. The van der Waals surface area contributed by atoms with E-state index in [0.717, 1.165) is 40.7 Å². The fourth-order valence-electron chi connectivity index (χ4n) is 5.36. The van der Waals surface area contributed by atoms with Crippen LogP contribution >= 0.6 is 11.8 Å². The van der Waals surface area contributed by atoms with E-state index in [1.54, 1.807) is 6.20 Å². The monoisotopic (exact) mass is 523 g/mol. The molecule has 2 amide bonds. The standard InChI is InChI=1S/C30H29N5O2S/c31-25-6-2-4-8-27(25)38-30-32-17-20-34(30)23-12-9-22(10-13-23)29(37)33-18-15-24(16-19-33)35-26-7-3-1-5-21(26)11-14-28(35)36/h1-10,12-13,17,20,24H,11,14-16,18-19,31H2. The van der Waals surface area contributed by atoms with Crippen LogP contribution in [0.5, 0.6) is 0 Å². The number of carbonyl (C=O) groups is 2. The largest absolute Gasteiger partial charge is 0.398 e. The zero-order valence-electron chi connectivity index (χ0n) is 21.0. The van der Waals surface area contributed by atoms with Gasteiger partial charge in [-0.25, -0.2) is 4.98 Å². The number of piperidine rings is 1. The van der Waals surface area contributed by atoms with Crippen LogP contribution < -0.4 is 10.6 Å². The molecule has 0 atom stereocenters. The number of imidazole rings is 1. The molecule has 0 saturated carbocycles. The molecule has 0 bridgehead atoms. The summed E-state index contributed by atoms with van der Waals surface area (Å²) in [7, 11) is 0. The summed E-state index contributed by atoms with van der Waals surface area (Å²) in [5.74, 6) is 0.216. The maximum atomic E-state index is 13.3. The van der Waals surface area contributed by atoms with E-state index in [2.05, 4.69) is 11.1 Å². The lowest BCUT2D eigenvalue weighted by Gasteiger charge is -2.41. The van der Waals surface area contributed by atoms with Gasteiger partial charge < -0.3 is 15.5 Å². The number of aromatic nitrogens is 2. The van der Waals surface area contributed by atoms with Gasteiger partial charge in [0.25, 0.3) is 5.91 Å². The number of likely N-dealkylation sites (tertiary alicyclic amines) is 1. The first-order chi connectivity index (χ1) is 18.6. The topological polar surface area (TPSA) is 84.5 Å². The zero-order valence-corrected chi connectivity index (χ0v) is 21.8. The van der Waals surface area contributed by atoms with Gasteiger partial charge in [-0.2, -0.15) is 0 Å². The molecule has 38 heavy (non-hydrogen) atoms. The first-order valence-electron chi connectivity index (χ1n) is 12.9. The van der Waals surface area contributed by atoms with E-state index in [-0.39, 0.29) is 17.9 Å². The van der Waals surface area contributed by atoms with E-state index >= 15 is 0 Å². The van der Waals surface area contributed by atoms with Crippen molar-refractivity contribution < 1.29 is 9.59 Å². The number of benzene rings is 3. The molecule has 4 aromatic rings. The number of anilines is 2. The van der Waals surface area contributed by atoms with E-state index < -0.39 is 0 Å². The van der Waals surface area contributed by atoms with Gasteiger partial charge in [-0.05, 0) is 79.1 Å². The highest BCUT2D eigenvalue weighted by Gasteiger charge is 2.33. The summed E-state index contributed by atoms with van der Waals surface area (Å²) < 4.78 is 1.99. The molecule has 1 fully saturated rings. The molecule has 0 spiro atoms. The van der Waals surface area contributed by atoms with E-state index in [1.807, 2.05) is 87.3 Å². The number of aryl methyl sites for hydroxylation is 1. The number of amides is 2. The van der Waals surface area contributed by atoms with Crippen LogP contribution in [0, 0.1) is 0 Å². The van der Waals surface area contributed by atoms with Crippen molar-refractivity contribution in [3.8, 4) is 5.69 Å². The van der Waals surface area contributed by atoms with Crippen molar-refractivity contribution in [2.24, 2.45) is 0 Å². The Balaban J connectivity index is 1.12. The number of nitrogens with zero attached hydrogens (tertiary/aromatic N) is 4. The number of para-hydroxylation sites is 2. The average Bonchev–Trinajstić information content (AvgIpc) is 3.42. The Hall–Kier alpha value is -4.04. The number of hydrogen-bond donors (Lipinski definition) is 1. The first kappa shape index (κ1) is 24.3. The molecule has 2 aliphatic rings. The quantitative estimate of drug-likeness (QED) is 0.364. The lowest BCUT2D eigenvalue weighted by atomic mass is 9.95. The summed E-state index contributed by atoms with van der Waals surface area (Å²) in [4.78, 5) is 35.4. The highest BCUT2D eigenvalue weighted by Crippen LogP contribution is 2.34. The summed E-state index contributed by atoms with van der Waals surface area (Å²) in [6.45, 7) is 1.27. The lowest BCUT2D eigenvalue weighted by Crippen LogP contribution is -2.50. The van der Waals surface area contributed by atoms with Crippen molar-refractivity contribution >= 4 is 35.0 Å². The molecule has 1 saturated heterocycles. The van der Waals surface area contributed by atoms with Gasteiger partial charge in [-0.15, -0.1) is 0 Å². The minimum Gasteiger partial charge on any atom is -0.398 e. The summed E-state index contributed by atoms with van der Waals surface area (Å²) >= 11 is 1.51. The van der Waals surface area contributed by atoms with Crippen molar-refractivity contribution in [1.82, 2.24) is 14.5 Å². The van der Waals surface area contributed by atoms with Gasteiger partial charge >= 0.3 is 0 Å². The zero-order chi connectivity index (χ0) is 26.1. The molecular weight excluding hydrogens is 494 g/mol. The Kier molecular flexibility index (Phi) is 6.64. The minimum atomic E-state index is 0.0256. The fraction of sp³-hybridized carbons (Fsp3) is 0.233. The molecule has 2 aliphatic heterocycles. The molecule has 3 aromatic carbocycles. The smallest absolute Gasteiger partial charge is 0.253 e. The third kappa shape index (κ3) is 4.67. The second-order valence-corrected chi connectivity index (χ2v) is 10.7. The van der Waals surface area contributed by atoms with Crippen LogP contribution in [-0.2, 0) is 11.2 Å². The van der Waals surface area contributed by atoms with Crippen molar-refractivity contribution in [2.75, 3.05) is 23.7 Å². The number of nitrogen functional groups attached to an aromatic ring is 1. The number of rotatable bonds is 5. The van der Waals surface area contributed by atoms with E-state index in [9.17, 15) is 9.59 Å². The lowest BCUT2D eigenvalue weighted by molar-refractivity contribution is -0.119. The van der Waals surface area contributed by atoms with Crippen LogP contribution in [0.25, 0.3) is 5.69 Å². The maximum Gasteiger partial charge on any atom is 0.253 e. The normalized spacial score (nSPS) is 15.9. The molecule has 3 heterocycles. The van der Waals surface area contributed by atoms with Crippen LogP contribution in [0.1, 0.15) is 35.2 Å². The molecule has 0 radical (unpaired) electrons. The van der Waals surface area contributed by atoms with Crippen LogP contribution in [0.3, 0.4) is 0 Å². The van der Waals surface area contributed by atoms with Gasteiger partial charge in [0, 0.05) is 65.5 Å². The Morgan fingerprint density at radius 1 is 0.921 bits per heavy atom. The van der Waals surface area contributed by atoms with Crippen LogP contribution in [0.2, 0.25) is 0 Å². The van der Waals surface area contributed by atoms with Gasteiger partial charge in [-0.1, -0.05) is 30.3 Å². The highest BCUT2D eigenvalue weighted by atomic mass is 32.2. The van der Waals surface area contributed by atoms with E-state index in [1.165, 1.54) is 17.3 Å². The number of nitrogens with two attached hydrogens (primary N) is 1. The predicted molar refractivity (Wildman–Crippen MR) is 150 cm³/mol. The van der Waals surface area contributed by atoms with Crippen LogP contribution in [0.15, 0.2) is 95.2 Å². The summed E-state index contributed by atoms with van der Waals surface area (Å²) in [6, 6.07) is 23.7. The van der Waals surface area contributed by atoms with Gasteiger partial charge in [0.2, 0.25) is 5.91 Å². The summed E-state index contributed by atoms with van der Waals surface area (Å²) in [6.07, 6.45) is 6.58. The SMILES string of the molecule is Nc1ccccc1Sc1nccn1-c1ccc(C(=O)N2CCC(N3C(=O)CCc4ccccc43)CC2)cc1. The Morgan fingerprint density at radius 3 is 2.45 bits per heavy atom. The molecule has 2 N–H and O–H groups in total. The second-order valence-electron chi connectivity index (χ2n) is 9.68. The second kappa shape index (κ2) is 10.4. The van der Waals surface area contributed by atoms with Gasteiger partial charge in [-0.3, -0.25) is 14.2 Å². The number of hydrogen-bond acceptors (Lipinski definition) is 5. The van der Waals surface area contributed by atoms with Crippen molar-refractivity contribution in [1.29, 1.82) is 0 Å². The predicted octanol–water partition coefficient (Wildman–Crippen LogP) is 5.19. The Labute approximate surface area is 226 Å². The third-order valence-electron chi connectivity index (χ3n) is 7.36. The third-order valence-corrected chi connectivity index (χ3v) is 8.44. The van der Waals surface area contributed by atoms with Gasteiger partial charge in [0.05, 0.1) is 0 Å². The van der Waals surface area contributed by atoms with Crippen molar-refractivity contribution in [3.05, 3.63) is 96.3 Å². The fourth-order valence-corrected chi connectivity index (χ4v) is 6.27. The molecular formula is C30H29N5O2S. The minimum absolute atomic E-state index is 0.0256. The maximum absolute atomic E-state index is 13.3. The van der Waals surface area contributed by atoms with Crippen molar-refractivity contribution in [2.45, 2.75) is 41.8 Å². The van der Waals surface area contributed by atoms with E-state index in [4.69, 9.17) is 5.73 Å². The number of fused-ring (bicyclic) bond motifs is 1. The van der Waals surface area contributed by atoms with E-state index in [0.29, 0.717) is 30.8 Å². The number of carbonyl (C=O) groups excluding carboxylic acids is 2. The van der Waals surface area contributed by atoms with Gasteiger partial charge in [0.15, 0.2) is 5.16 Å². The Bertz CT molecular complexity index is 1470. The molecule has 0 unspecified atom stereocenters. The molecule has 7 nitrogen and oxygen atoms in total. The molecule has 6 rings (SSSR count). The molecule has 8 heteroatoms. The van der Waals surface area contributed by atoms with Gasteiger partial charge in [0.1, 0.15) is 0 Å². The van der Waals surface area contributed by atoms with Crippen molar-refractivity contribution in [3.63, 3.8) is 0 Å².